The lowest BCUT2D eigenvalue weighted by Crippen LogP contribution is -2.33. The Bertz CT molecular complexity index is 762. The highest BCUT2D eigenvalue weighted by molar-refractivity contribution is 5.69. The predicted molar refractivity (Wildman–Crippen MR) is 244 cm³/mol. The van der Waals surface area contributed by atoms with E-state index >= 15 is 0 Å². The molecular formula is C51H101NO4. The van der Waals surface area contributed by atoms with Gasteiger partial charge in [0.1, 0.15) is 0 Å². The van der Waals surface area contributed by atoms with Crippen molar-refractivity contribution < 1.29 is 19.1 Å². The van der Waals surface area contributed by atoms with Gasteiger partial charge in [-0.1, -0.05) is 202 Å². The van der Waals surface area contributed by atoms with Crippen molar-refractivity contribution in [2.45, 2.75) is 279 Å². The molecule has 0 aromatic heterocycles. The number of carbonyl (C=O) groups excluding carboxylic acids is 2. The summed E-state index contributed by atoms with van der Waals surface area (Å²) in [5, 5.41) is 4.02. The zero-order chi connectivity index (χ0) is 41.2. The van der Waals surface area contributed by atoms with Gasteiger partial charge in [-0.15, -0.1) is 0 Å². The van der Waals surface area contributed by atoms with Crippen LogP contribution in [0.3, 0.4) is 0 Å². The van der Waals surface area contributed by atoms with E-state index in [-0.39, 0.29) is 11.9 Å². The fourth-order valence-corrected chi connectivity index (χ4v) is 8.25. The Morgan fingerprint density at radius 2 is 0.696 bits per heavy atom. The summed E-state index contributed by atoms with van der Waals surface area (Å²) >= 11 is 0. The van der Waals surface area contributed by atoms with Crippen molar-refractivity contribution in [1.29, 1.82) is 0 Å². The third-order valence-electron chi connectivity index (χ3n) is 12.4. The monoisotopic (exact) mass is 792 g/mol. The summed E-state index contributed by atoms with van der Waals surface area (Å²) in [6, 6.07) is 0.635. The summed E-state index contributed by atoms with van der Waals surface area (Å²) in [5.41, 5.74) is 0. The molecule has 0 spiro atoms. The Kier molecular flexibility index (Phi) is 42.6. The van der Waals surface area contributed by atoms with Crippen molar-refractivity contribution in [3.8, 4) is 0 Å². The third kappa shape index (κ3) is 37.2. The topological polar surface area (TPSA) is 64.6 Å². The maximum Gasteiger partial charge on any atom is 0.305 e. The van der Waals surface area contributed by atoms with E-state index in [4.69, 9.17) is 9.47 Å². The molecule has 3 unspecified atom stereocenters. The molecule has 0 aliphatic heterocycles. The number of unbranched alkanes of at least 4 members (excludes halogenated alkanes) is 19. The molecule has 0 aliphatic carbocycles. The van der Waals surface area contributed by atoms with Gasteiger partial charge in [0.05, 0.1) is 13.2 Å². The number of hydrogen-bond acceptors (Lipinski definition) is 5. The average Bonchev–Trinajstić information content (AvgIpc) is 3.20. The van der Waals surface area contributed by atoms with Crippen molar-refractivity contribution in [3.05, 3.63) is 0 Å². The number of ether oxygens (including phenoxy) is 2. The van der Waals surface area contributed by atoms with Crippen LogP contribution in [0.25, 0.3) is 0 Å². The smallest absolute Gasteiger partial charge is 0.305 e. The molecule has 5 heteroatoms. The highest BCUT2D eigenvalue weighted by Gasteiger charge is 2.15. The fraction of sp³-hybridized carbons (Fsp3) is 0.961. The first-order valence-corrected chi connectivity index (χ1v) is 25.5. The molecule has 0 aromatic carbocycles. The first kappa shape index (κ1) is 54.9. The van der Waals surface area contributed by atoms with Crippen molar-refractivity contribution in [3.63, 3.8) is 0 Å². The van der Waals surface area contributed by atoms with E-state index in [0.717, 1.165) is 31.6 Å². The predicted octanol–water partition coefficient (Wildman–Crippen LogP) is 16.0. The van der Waals surface area contributed by atoms with Gasteiger partial charge in [-0.25, -0.2) is 0 Å². The molecule has 0 aliphatic rings. The van der Waals surface area contributed by atoms with E-state index in [1.807, 2.05) is 0 Å². The average molecular weight is 792 g/mol. The third-order valence-corrected chi connectivity index (χ3v) is 12.4. The molecular weight excluding hydrogens is 691 g/mol. The Hall–Kier alpha value is -1.10. The summed E-state index contributed by atoms with van der Waals surface area (Å²) < 4.78 is 11.5. The Labute approximate surface area is 351 Å². The van der Waals surface area contributed by atoms with Crippen molar-refractivity contribution in [2.75, 3.05) is 19.8 Å². The van der Waals surface area contributed by atoms with Crippen molar-refractivity contribution in [1.82, 2.24) is 5.32 Å². The summed E-state index contributed by atoms with van der Waals surface area (Å²) in [6.45, 7) is 16.1. The minimum absolute atomic E-state index is 0.0212. The molecule has 0 aromatic rings. The molecule has 334 valence electrons. The minimum atomic E-state index is 0.0212. The summed E-state index contributed by atoms with van der Waals surface area (Å²) in [7, 11) is 0. The molecule has 3 atom stereocenters. The van der Waals surface area contributed by atoms with Crippen LogP contribution in [0.4, 0.5) is 0 Å². The molecule has 0 rings (SSSR count). The maximum atomic E-state index is 12.5. The van der Waals surface area contributed by atoms with E-state index in [1.54, 1.807) is 0 Å². The maximum absolute atomic E-state index is 12.5. The van der Waals surface area contributed by atoms with Crippen molar-refractivity contribution in [2.24, 2.45) is 17.8 Å². The number of carbonyl (C=O) groups is 2. The number of rotatable bonds is 45. The summed E-state index contributed by atoms with van der Waals surface area (Å²) in [6.07, 6.45) is 43.5. The Morgan fingerprint density at radius 1 is 0.375 bits per heavy atom. The van der Waals surface area contributed by atoms with Crippen LogP contribution in [-0.4, -0.2) is 37.7 Å². The van der Waals surface area contributed by atoms with Gasteiger partial charge in [0.25, 0.3) is 0 Å². The van der Waals surface area contributed by atoms with E-state index in [9.17, 15) is 9.59 Å². The van der Waals surface area contributed by atoms with E-state index in [0.29, 0.717) is 43.9 Å². The lowest BCUT2D eigenvalue weighted by Gasteiger charge is -2.23. The second kappa shape index (κ2) is 43.5. The Balaban J connectivity index is 4.32. The first-order valence-electron chi connectivity index (χ1n) is 25.5. The fourth-order valence-electron chi connectivity index (χ4n) is 8.25. The Morgan fingerprint density at radius 3 is 1.09 bits per heavy atom. The summed E-state index contributed by atoms with van der Waals surface area (Å²) in [4.78, 5) is 24.9. The van der Waals surface area contributed by atoms with Gasteiger partial charge in [0, 0.05) is 18.9 Å². The van der Waals surface area contributed by atoms with Crippen LogP contribution in [0.1, 0.15) is 273 Å². The minimum Gasteiger partial charge on any atom is -0.465 e. The highest BCUT2D eigenvalue weighted by atomic mass is 16.5. The van der Waals surface area contributed by atoms with E-state index < -0.39 is 0 Å². The van der Waals surface area contributed by atoms with Gasteiger partial charge in [0.15, 0.2) is 0 Å². The van der Waals surface area contributed by atoms with Crippen molar-refractivity contribution >= 4 is 11.9 Å². The van der Waals surface area contributed by atoms with Gasteiger partial charge < -0.3 is 14.8 Å². The molecule has 0 saturated heterocycles. The van der Waals surface area contributed by atoms with Crippen LogP contribution in [-0.2, 0) is 19.1 Å². The van der Waals surface area contributed by atoms with Gasteiger partial charge >= 0.3 is 11.9 Å². The van der Waals surface area contributed by atoms with Crippen LogP contribution in [0, 0.1) is 17.8 Å². The van der Waals surface area contributed by atoms with Crippen LogP contribution >= 0.6 is 0 Å². The zero-order valence-corrected chi connectivity index (χ0v) is 39.0. The number of nitrogens with one attached hydrogen (secondary N) is 1. The number of esters is 2. The zero-order valence-electron chi connectivity index (χ0n) is 39.0. The molecule has 5 nitrogen and oxygen atoms in total. The van der Waals surface area contributed by atoms with Crippen LogP contribution in [0.2, 0.25) is 0 Å². The second-order valence-electron chi connectivity index (χ2n) is 17.9. The van der Waals surface area contributed by atoms with Crippen LogP contribution in [0.15, 0.2) is 0 Å². The standard InChI is InChI=1S/C51H101NO4/c1-7-13-18-28-37-47(35-16-10-4)44-55-50(53)41-32-26-22-20-24-30-39-49(52-43-46(12-6)34-15-9-3)40-31-25-21-23-27-33-42-51(54)56-45-48(36-17-11-5)38-29-19-14-8-2/h46-49,52H,7-45H2,1-6H3. The quantitative estimate of drug-likeness (QED) is 0.0491. The molecule has 0 bridgehead atoms. The van der Waals surface area contributed by atoms with E-state index in [1.165, 1.54) is 199 Å². The molecule has 0 saturated carbocycles. The largest absolute Gasteiger partial charge is 0.465 e. The van der Waals surface area contributed by atoms with E-state index in [2.05, 4.69) is 46.9 Å². The van der Waals surface area contributed by atoms with Gasteiger partial charge in [-0.05, 0) is 82.1 Å². The first-order chi connectivity index (χ1) is 27.4. The van der Waals surface area contributed by atoms with Gasteiger partial charge in [0.2, 0.25) is 0 Å². The highest BCUT2D eigenvalue weighted by Crippen LogP contribution is 2.21. The van der Waals surface area contributed by atoms with Crippen LogP contribution in [0.5, 0.6) is 0 Å². The van der Waals surface area contributed by atoms with Crippen LogP contribution < -0.4 is 5.32 Å². The second-order valence-corrected chi connectivity index (χ2v) is 17.9. The molecule has 56 heavy (non-hydrogen) atoms. The number of hydrogen-bond donors (Lipinski definition) is 1. The molecule has 1 N–H and O–H groups in total. The molecule has 0 amide bonds. The molecule has 0 heterocycles. The normalized spacial score (nSPS) is 13.8. The van der Waals surface area contributed by atoms with Gasteiger partial charge in [-0.2, -0.15) is 0 Å². The summed E-state index contributed by atoms with van der Waals surface area (Å²) in [5.74, 6) is 1.95. The molecule has 0 fully saturated rings. The SMILES string of the molecule is CCCCCCC(CCCC)COC(=O)CCCCCCCCC(CCCCCCCCC(=O)OCC(CCCC)CCCCCC)NCC(CC)CCCC. The lowest BCUT2D eigenvalue weighted by molar-refractivity contribution is -0.146. The van der Waals surface area contributed by atoms with Gasteiger partial charge in [-0.3, -0.25) is 9.59 Å². The molecule has 0 radical (unpaired) electrons. The lowest BCUT2D eigenvalue weighted by atomic mass is 9.96.